The Bertz CT molecular complexity index is 545. The van der Waals surface area contributed by atoms with Crippen LogP contribution in [0.1, 0.15) is 32.1 Å². The number of hydrogen-bond donors (Lipinski definition) is 1. The fraction of sp³-hybridized carbons (Fsp3) is 0.842. The second-order valence-corrected chi connectivity index (χ2v) is 9.06. The predicted molar refractivity (Wildman–Crippen MR) is 105 cm³/mol. The highest BCUT2D eigenvalue weighted by Crippen LogP contribution is 2.32. The summed E-state index contributed by atoms with van der Waals surface area (Å²) in [5.41, 5.74) is 0. The maximum atomic E-state index is 12.9. The van der Waals surface area contributed by atoms with Gasteiger partial charge in [0, 0.05) is 62.6 Å². The first-order valence-electron chi connectivity index (χ1n) is 10.1. The average Bonchev–Trinajstić information content (AvgIpc) is 2.93. The molecule has 8 heteroatoms. The van der Waals surface area contributed by atoms with Gasteiger partial charge in [-0.15, -0.1) is 0 Å². The summed E-state index contributed by atoms with van der Waals surface area (Å²) in [5.74, 6) is 1.86. The topological polar surface area (TPSA) is 81.2 Å². The van der Waals surface area contributed by atoms with Gasteiger partial charge in [-0.3, -0.25) is 19.3 Å². The van der Waals surface area contributed by atoms with Crippen LogP contribution in [-0.4, -0.2) is 94.9 Å². The number of hydrogen-bond acceptors (Lipinski definition) is 5. The van der Waals surface area contributed by atoms with Gasteiger partial charge in [0.15, 0.2) is 0 Å². The molecule has 0 radical (unpaired) electrons. The van der Waals surface area contributed by atoms with Crippen LogP contribution in [0.3, 0.4) is 0 Å². The fourth-order valence-corrected chi connectivity index (χ4v) is 5.33. The SMILES string of the molecule is O=C(O)CN1CCCN(C(=O)C2CCC(C(=O)N3CCSCC3)CC2)CC1. The average molecular weight is 398 g/mol. The lowest BCUT2D eigenvalue weighted by Gasteiger charge is -2.35. The van der Waals surface area contributed by atoms with Gasteiger partial charge in [0.2, 0.25) is 11.8 Å². The molecule has 0 unspecified atom stereocenters. The standard InChI is InChI=1S/C19H31N3O4S/c23-17(24)14-20-6-1-7-21(9-8-20)18(25)15-2-4-16(5-3-15)19(26)22-10-12-27-13-11-22/h15-16H,1-14H2,(H,23,24). The van der Waals surface area contributed by atoms with Crippen molar-refractivity contribution in [2.75, 3.05) is 57.3 Å². The van der Waals surface area contributed by atoms with E-state index in [-0.39, 0.29) is 24.3 Å². The van der Waals surface area contributed by atoms with Crippen molar-refractivity contribution in [3.63, 3.8) is 0 Å². The summed E-state index contributed by atoms with van der Waals surface area (Å²) < 4.78 is 0. The lowest BCUT2D eigenvalue weighted by atomic mass is 9.80. The van der Waals surface area contributed by atoms with E-state index < -0.39 is 5.97 Å². The van der Waals surface area contributed by atoms with E-state index in [1.807, 2.05) is 26.5 Å². The quantitative estimate of drug-likeness (QED) is 0.762. The Morgan fingerprint density at radius 3 is 1.89 bits per heavy atom. The highest BCUT2D eigenvalue weighted by molar-refractivity contribution is 7.99. The number of nitrogens with zero attached hydrogens (tertiary/aromatic N) is 3. The number of rotatable bonds is 4. The molecule has 2 heterocycles. The summed E-state index contributed by atoms with van der Waals surface area (Å²) in [6.45, 7) is 4.44. The van der Waals surface area contributed by atoms with Gasteiger partial charge in [-0.1, -0.05) is 0 Å². The summed E-state index contributed by atoms with van der Waals surface area (Å²) >= 11 is 1.91. The number of carbonyl (C=O) groups is 3. The van der Waals surface area contributed by atoms with Crippen molar-refractivity contribution in [1.82, 2.24) is 14.7 Å². The van der Waals surface area contributed by atoms with Crippen molar-refractivity contribution >= 4 is 29.5 Å². The first-order chi connectivity index (χ1) is 13.0. The Kier molecular flexibility index (Phi) is 7.41. The molecule has 0 atom stereocenters. The molecule has 3 rings (SSSR count). The normalized spacial score (nSPS) is 27.9. The monoisotopic (exact) mass is 397 g/mol. The van der Waals surface area contributed by atoms with Crippen LogP contribution in [0, 0.1) is 11.8 Å². The van der Waals surface area contributed by atoms with Crippen LogP contribution in [0.5, 0.6) is 0 Å². The summed E-state index contributed by atoms with van der Waals surface area (Å²) in [6.07, 6.45) is 4.05. The van der Waals surface area contributed by atoms with Crippen LogP contribution >= 0.6 is 11.8 Å². The van der Waals surface area contributed by atoms with E-state index in [0.29, 0.717) is 25.5 Å². The zero-order valence-electron chi connectivity index (χ0n) is 16.0. The number of aliphatic carboxylic acids is 1. The lowest BCUT2D eigenvalue weighted by molar-refractivity contribution is -0.141. The highest BCUT2D eigenvalue weighted by atomic mass is 32.2. The van der Waals surface area contributed by atoms with E-state index in [0.717, 1.165) is 63.2 Å². The van der Waals surface area contributed by atoms with E-state index in [2.05, 4.69) is 0 Å². The Morgan fingerprint density at radius 1 is 0.778 bits per heavy atom. The fourth-order valence-electron chi connectivity index (χ4n) is 4.43. The van der Waals surface area contributed by atoms with E-state index in [1.165, 1.54) is 0 Å². The summed E-state index contributed by atoms with van der Waals surface area (Å²) in [7, 11) is 0. The molecule has 0 bridgehead atoms. The molecule has 152 valence electrons. The van der Waals surface area contributed by atoms with Gasteiger partial charge in [0.05, 0.1) is 6.54 Å². The Morgan fingerprint density at radius 2 is 1.33 bits per heavy atom. The molecule has 27 heavy (non-hydrogen) atoms. The second-order valence-electron chi connectivity index (χ2n) is 7.83. The first-order valence-corrected chi connectivity index (χ1v) is 11.3. The summed E-state index contributed by atoms with van der Waals surface area (Å²) in [4.78, 5) is 42.3. The zero-order chi connectivity index (χ0) is 19.2. The molecule has 7 nitrogen and oxygen atoms in total. The molecule has 1 saturated carbocycles. The largest absolute Gasteiger partial charge is 0.480 e. The van der Waals surface area contributed by atoms with Crippen LogP contribution in [-0.2, 0) is 14.4 Å². The van der Waals surface area contributed by atoms with E-state index in [1.54, 1.807) is 0 Å². The van der Waals surface area contributed by atoms with Crippen LogP contribution in [0.4, 0.5) is 0 Å². The van der Waals surface area contributed by atoms with Crippen molar-refractivity contribution in [2.45, 2.75) is 32.1 Å². The third-order valence-electron chi connectivity index (χ3n) is 6.01. The van der Waals surface area contributed by atoms with Gasteiger partial charge >= 0.3 is 5.97 Å². The molecule has 2 saturated heterocycles. The summed E-state index contributed by atoms with van der Waals surface area (Å²) in [5, 5.41) is 8.95. The van der Waals surface area contributed by atoms with Crippen molar-refractivity contribution in [2.24, 2.45) is 11.8 Å². The molecular formula is C19H31N3O4S. The molecule has 1 N–H and O–H groups in total. The lowest BCUT2D eigenvalue weighted by Crippen LogP contribution is -2.44. The van der Waals surface area contributed by atoms with Crippen LogP contribution in [0.25, 0.3) is 0 Å². The molecule has 0 aromatic rings. The minimum atomic E-state index is -0.815. The number of amides is 2. The molecule has 2 amide bonds. The smallest absolute Gasteiger partial charge is 0.317 e. The number of thioether (sulfide) groups is 1. The minimum absolute atomic E-state index is 0.0250. The molecular weight excluding hydrogens is 366 g/mol. The predicted octanol–water partition coefficient (Wildman–Crippen LogP) is 0.987. The first kappa shape index (κ1) is 20.5. The van der Waals surface area contributed by atoms with Gasteiger partial charge in [-0.2, -0.15) is 11.8 Å². The van der Waals surface area contributed by atoms with Gasteiger partial charge < -0.3 is 14.9 Å². The number of carboxylic acids is 1. The maximum absolute atomic E-state index is 12.9. The van der Waals surface area contributed by atoms with Crippen molar-refractivity contribution in [3.8, 4) is 0 Å². The van der Waals surface area contributed by atoms with Crippen LogP contribution < -0.4 is 0 Å². The van der Waals surface area contributed by atoms with E-state index in [4.69, 9.17) is 5.11 Å². The molecule has 1 aliphatic carbocycles. The molecule has 3 aliphatic rings. The van der Waals surface area contributed by atoms with Gasteiger partial charge in [-0.25, -0.2) is 0 Å². The van der Waals surface area contributed by atoms with Crippen molar-refractivity contribution in [3.05, 3.63) is 0 Å². The van der Waals surface area contributed by atoms with E-state index in [9.17, 15) is 14.4 Å². The maximum Gasteiger partial charge on any atom is 0.317 e. The van der Waals surface area contributed by atoms with E-state index >= 15 is 0 Å². The van der Waals surface area contributed by atoms with Gasteiger partial charge in [-0.05, 0) is 32.1 Å². The minimum Gasteiger partial charge on any atom is -0.480 e. The Labute approximate surface area is 165 Å². The second kappa shape index (κ2) is 9.78. The van der Waals surface area contributed by atoms with Crippen LogP contribution in [0.15, 0.2) is 0 Å². The Balaban J connectivity index is 1.45. The Hall–Kier alpha value is -1.28. The van der Waals surface area contributed by atoms with Crippen molar-refractivity contribution < 1.29 is 19.5 Å². The molecule has 0 spiro atoms. The molecule has 3 fully saturated rings. The van der Waals surface area contributed by atoms with Crippen LogP contribution in [0.2, 0.25) is 0 Å². The summed E-state index contributed by atoms with van der Waals surface area (Å²) in [6, 6.07) is 0. The van der Waals surface area contributed by atoms with Crippen molar-refractivity contribution in [1.29, 1.82) is 0 Å². The number of carbonyl (C=O) groups excluding carboxylic acids is 2. The molecule has 0 aromatic carbocycles. The third kappa shape index (κ3) is 5.60. The molecule has 0 aromatic heterocycles. The third-order valence-corrected chi connectivity index (χ3v) is 6.95. The number of carboxylic acid groups (broad SMARTS) is 1. The molecule has 2 aliphatic heterocycles. The van der Waals surface area contributed by atoms with Gasteiger partial charge in [0.25, 0.3) is 0 Å². The highest BCUT2D eigenvalue weighted by Gasteiger charge is 2.34. The van der Waals surface area contributed by atoms with Gasteiger partial charge in [0.1, 0.15) is 0 Å². The zero-order valence-corrected chi connectivity index (χ0v) is 16.8.